The Balaban J connectivity index is 3.79. The number of hydroxylamine groups is 1. The summed E-state index contributed by atoms with van der Waals surface area (Å²) >= 11 is 0. The summed E-state index contributed by atoms with van der Waals surface area (Å²) in [6.07, 6.45) is -0.168. The zero-order valence-corrected chi connectivity index (χ0v) is 8.79. The molecule has 0 amide bonds. The number of nitrogens with one attached hydrogen (secondary N) is 1. The maximum absolute atomic E-state index is 11.2. The van der Waals surface area contributed by atoms with Crippen LogP contribution in [0.15, 0.2) is 0 Å². The van der Waals surface area contributed by atoms with E-state index in [1.165, 1.54) is 0 Å². The van der Waals surface area contributed by atoms with Gasteiger partial charge >= 0.3 is 5.97 Å². The van der Waals surface area contributed by atoms with E-state index in [4.69, 9.17) is 9.57 Å². The third kappa shape index (κ3) is 4.85. The molecule has 0 fully saturated rings. The van der Waals surface area contributed by atoms with Crippen LogP contribution in [0.1, 0.15) is 27.7 Å². The standard InChI is InChI=1S/C9H19NO3/c1-5-10-13-8(4)7(3)9(11)12-6-2/h7-8,10H,5-6H2,1-4H3. The van der Waals surface area contributed by atoms with Crippen molar-refractivity contribution in [1.82, 2.24) is 5.48 Å². The van der Waals surface area contributed by atoms with Gasteiger partial charge in [0.15, 0.2) is 0 Å². The fourth-order valence-corrected chi connectivity index (χ4v) is 0.782. The molecule has 0 bridgehead atoms. The van der Waals surface area contributed by atoms with Gasteiger partial charge in [0.1, 0.15) is 0 Å². The van der Waals surface area contributed by atoms with Crippen molar-refractivity contribution in [2.75, 3.05) is 13.2 Å². The van der Waals surface area contributed by atoms with Crippen molar-refractivity contribution in [3.8, 4) is 0 Å². The highest BCUT2D eigenvalue weighted by Gasteiger charge is 2.21. The minimum atomic E-state index is -0.237. The van der Waals surface area contributed by atoms with Crippen molar-refractivity contribution >= 4 is 5.97 Å². The first-order valence-electron chi connectivity index (χ1n) is 4.68. The number of carbonyl (C=O) groups is 1. The van der Waals surface area contributed by atoms with E-state index in [1.807, 2.05) is 13.8 Å². The lowest BCUT2D eigenvalue weighted by molar-refractivity contribution is -0.154. The summed E-state index contributed by atoms with van der Waals surface area (Å²) in [5.74, 6) is -0.452. The number of ether oxygens (including phenoxy) is 1. The smallest absolute Gasteiger partial charge is 0.311 e. The van der Waals surface area contributed by atoms with Gasteiger partial charge in [0, 0.05) is 6.54 Å². The highest BCUT2D eigenvalue weighted by Crippen LogP contribution is 2.07. The molecule has 0 aromatic carbocycles. The van der Waals surface area contributed by atoms with Crippen LogP contribution in [-0.2, 0) is 14.4 Å². The molecule has 0 radical (unpaired) electrons. The lowest BCUT2D eigenvalue weighted by atomic mass is 10.1. The van der Waals surface area contributed by atoms with Crippen molar-refractivity contribution in [3.63, 3.8) is 0 Å². The van der Waals surface area contributed by atoms with E-state index in [9.17, 15) is 4.79 Å². The Kier molecular flexibility index (Phi) is 6.54. The van der Waals surface area contributed by atoms with Crippen molar-refractivity contribution in [1.29, 1.82) is 0 Å². The number of hydrogen-bond acceptors (Lipinski definition) is 4. The Labute approximate surface area is 79.6 Å². The molecule has 2 atom stereocenters. The number of hydrogen-bond donors (Lipinski definition) is 1. The molecule has 13 heavy (non-hydrogen) atoms. The molecule has 0 heterocycles. The maximum Gasteiger partial charge on any atom is 0.311 e. The fourth-order valence-electron chi connectivity index (χ4n) is 0.782. The summed E-state index contributed by atoms with van der Waals surface area (Å²) in [6, 6.07) is 0. The van der Waals surface area contributed by atoms with Gasteiger partial charge in [-0.1, -0.05) is 6.92 Å². The normalized spacial score (nSPS) is 15.1. The van der Waals surface area contributed by atoms with Gasteiger partial charge in [0.05, 0.1) is 18.6 Å². The third-order valence-corrected chi connectivity index (χ3v) is 1.78. The van der Waals surface area contributed by atoms with Gasteiger partial charge in [0.2, 0.25) is 0 Å². The molecule has 0 rings (SSSR count). The van der Waals surface area contributed by atoms with Crippen LogP contribution < -0.4 is 5.48 Å². The first kappa shape index (κ1) is 12.4. The first-order chi connectivity index (χ1) is 6.13. The number of rotatable bonds is 6. The molecule has 0 aliphatic carbocycles. The van der Waals surface area contributed by atoms with Crippen LogP contribution >= 0.6 is 0 Å². The van der Waals surface area contributed by atoms with Gasteiger partial charge in [-0.25, -0.2) is 5.48 Å². The second kappa shape index (κ2) is 6.86. The average molecular weight is 189 g/mol. The molecule has 2 unspecified atom stereocenters. The molecule has 0 aliphatic rings. The van der Waals surface area contributed by atoms with Gasteiger partial charge in [-0.3, -0.25) is 9.63 Å². The Morgan fingerprint density at radius 3 is 2.46 bits per heavy atom. The Bertz CT molecular complexity index is 150. The van der Waals surface area contributed by atoms with E-state index >= 15 is 0 Å². The van der Waals surface area contributed by atoms with E-state index in [0.29, 0.717) is 6.61 Å². The largest absolute Gasteiger partial charge is 0.466 e. The molecule has 0 aromatic rings. The number of carbonyl (C=O) groups excluding carboxylic acids is 1. The van der Waals surface area contributed by atoms with Gasteiger partial charge in [0.25, 0.3) is 0 Å². The topological polar surface area (TPSA) is 47.6 Å². The maximum atomic E-state index is 11.2. The Morgan fingerprint density at radius 2 is 2.00 bits per heavy atom. The lowest BCUT2D eigenvalue weighted by Crippen LogP contribution is -2.32. The van der Waals surface area contributed by atoms with E-state index < -0.39 is 0 Å². The molecule has 1 N–H and O–H groups in total. The molecule has 4 heteroatoms. The van der Waals surface area contributed by atoms with Gasteiger partial charge in [-0.2, -0.15) is 0 Å². The van der Waals surface area contributed by atoms with E-state index in [2.05, 4.69) is 5.48 Å². The van der Waals surface area contributed by atoms with Crippen LogP contribution in [0.5, 0.6) is 0 Å². The van der Waals surface area contributed by atoms with Crippen LogP contribution in [0.25, 0.3) is 0 Å². The van der Waals surface area contributed by atoms with Crippen LogP contribution in [0, 0.1) is 5.92 Å². The zero-order chi connectivity index (χ0) is 10.3. The monoisotopic (exact) mass is 189 g/mol. The number of esters is 1. The minimum absolute atomic E-state index is 0.168. The molecular weight excluding hydrogens is 170 g/mol. The molecule has 4 nitrogen and oxygen atoms in total. The first-order valence-corrected chi connectivity index (χ1v) is 4.68. The second-order valence-corrected chi connectivity index (χ2v) is 2.86. The molecule has 0 aliphatic heterocycles. The van der Waals surface area contributed by atoms with Crippen molar-refractivity contribution in [2.45, 2.75) is 33.8 Å². The Hall–Kier alpha value is -0.610. The summed E-state index contributed by atoms with van der Waals surface area (Å²) in [5, 5.41) is 0. The predicted molar refractivity (Wildman–Crippen MR) is 50.0 cm³/mol. The van der Waals surface area contributed by atoms with E-state index in [0.717, 1.165) is 6.54 Å². The lowest BCUT2D eigenvalue weighted by Gasteiger charge is -2.18. The Morgan fingerprint density at radius 1 is 1.38 bits per heavy atom. The van der Waals surface area contributed by atoms with Gasteiger partial charge in [-0.05, 0) is 20.8 Å². The summed E-state index contributed by atoms with van der Waals surface area (Å²) in [7, 11) is 0. The van der Waals surface area contributed by atoms with Gasteiger partial charge in [-0.15, -0.1) is 0 Å². The highest BCUT2D eigenvalue weighted by molar-refractivity contribution is 5.72. The molecule has 78 valence electrons. The SMILES string of the molecule is CCNOC(C)C(C)C(=O)OCC. The van der Waals surface area contributed by atoms with Gasteiger partial charge < -0.3 is 4.74 Å². The predicted octanol–water partition coefficient (Wildman–Crippen LogP) is 1.12. The molecule has 0 aromatic heterocycles. The summed E-state index contributed by atoms with van der Waals surface area (Å²) in [4.78, 5) is 16.4. The second-order valence-electron chi connectivity index (χ2n) is 2.86. The van der Waals surface area contributed by atoms with Crippen LogP contribution in [0.3, 0.4) is 0 Å². The summed E-state index contributed by atoms with van der Waals surface area (Å²) in [5.41, 5.74) is 2.72. The quantitative estimate of drug-likeness (QED) is 0.502. The average Bonchev–Trinajstić information content (AvgIpc) is 2.13. The fraction of sp³-hybridized carbons (Fsp3) is 0.889. The third-order valence-electron chi connectivity index (χ3n) is 1.78. The van der Waals surface area contributed by atoms with Crippen LogP contribution in [-0.4, -0.2) is 25.2 Å². The van der Waals surface area contributed by atoms with Crippen LogP contribution in [0.2, 0.25) is 0 Å². The summed E-state index contributed by atoms with van der Waals surface area (Å²) in [6.45, 7) is 8.49. The van der Waals surface area contributed by atoms with E-state index in [-0.39, 0.29) is 18.0 Å². The van der Waals surface area contributed by atoms with Crippen molar-refractivity contribution < 1.29 is 14.4 Å². The molecular formula is C9H19NO3. The molecule has 0 spiro atoms. The molecule has 0 saturated heterocycles. The zero-order valence-electron chi connectivity index (χ0n) is 8.79. The van der Waals surface area contributed by atoms with Crippen molar-refractivity contribution in [2.24, 2.45) is 5.92 Å². The highest BCUT2D eigenvalue weighted by atomic mass is 16.7. The summed E-state index contributed by atoms with van der Waals surface area (Å²) < 4.78 is 4.86. The van der Waals surface area contributed by atoms with Crippen LogP contribution in [0.4, 0.5) is 0 Å². The van der Waals surface area contributed by atoms with Crippen molar-refractivity contribution in [3.05, 3.63) is 0 Å². The minimum Gasteiger partial charge on any atom is -0.466 e. The van der Waals surface area contributed by atoms with E-state index in [1.54, 1.807) is 13.8 Å². The molecule has 0 saturated carbocycles.